The van der Waals surface area contributed by atoms with Gasteiger partial charge in [0.1, 0.15) is 5.69 Å². The lowest BCUT2D eigenvalue weighted by Gasteiger charge is -2.37. The van der Waals surface area contributed by atoms with E-state index in [2.05, 4.69) is 10.2 Å². The standard InChI is InChI=1S/C10H14N4O2/c1-13(8-5-12-6-8)7-2-3-10(14(15)16)9(11)4-7/h2-4,8,12H,5-6,11H2,1H3. The molecule has 6 heteroatoms. The molecular weight excluding hydrogens is 208 g/mol. The molecule has 0 atom stereocenters. The Morgan fingerprint density at radius 3 is 2.69 bits per heavy atom. The second kappa shape index (κ2) is 3.97. The number of hydrogen-bond donors (Lipinski definition) is 2. The van der Waals surface area contributed by atoms with Crippen molar-refractivity contribution in [2.75, 3.05) is 30.8 Å². The van der Waals surface area contributed by atoms with Crippen molar-refractivity contribution in [1.29, 1.82) is 0 Å². The first-order chi connectivity index (χ1) is 7.59. The summed E-state index contributed by atoms with van der Waals surface area (Å²) in [6.07, 6.45) is 0. The van der Waals surface area contributed by atoms with Crippen LogP contribution in [0.2, 0.25) is 0 Å². The Morgan fingerprint density at radius 2 is 2.25 bits per heavy atom. The summed E-state index contributed by atoms with van der Waals surface area (Å²) in [6, 6.07) is 5.28. The summed E-state index contributed by atoms with van der Waals surface area (Å²) in [6.45, 7) is 1.88. The molecule has 1 fully saturated rings. The highest BCUT2D eigenvalue weighted by molar-refractivity contribution is 5.66. The maximum absolute atomic E-state index is 10.6. The van der Waals surface area contributed by atoms with Crippen LogP contribution in [0.1, 0.15) is 0 Å². The van der Waals surface area contributed by atoms with Gasteiger partial charge in [-0.05, 0) is 12.1 Å². The molecule has 0 bridgehead atoms. The van der Waals surface area contributed by atoms with Gasteiger partial charge in [0.2, 0.25) is 0 Å². The summed E-state index contributed by atoms with van der Waals surface area (Å²) in [5, 5.41) is 13.8. The number of anilines is 2. The Balaban J connectivity index is 2.22. The van der Waals surface area contributed by atoms with Gasteiger partial charge in [0, 0.05) is 31.9 Å². The third-order valence-electron chi connectivity index (χ3n) is 2.92. The van der Waals surface area contributed by atoms with Crippen molar-refractivity contribution in [1.82, 2.24) is 5.32 Å². The van der Waals surface area contributed by atoms with E-state index in [1.54, 1.807) is 12.1 Å². The highest BCUT2D eigenvalue weighted by Crippen LogP contribution is 2.27. The number of likely N-dealkylation sites (N-methyl/N-ethyl adjacent to an activating group) is 1. The predicted octanol–water partition coefficient (Wildman–Crippen LogP) is 0.585. The molecule has 0 aliphatic carbocycles. The maximum atomic E-state index is 10.6. The SMILES string of the molecule is CN(c1ccc([N+](=O)[O-])c(N)c1)C1CNC1. The lowest BCUT2D eigenvalue weighted by Crippen LogP contribution is -2.56. The van der Waals surface area contributed by atoms with Crippen molar-refractivity contribution >= 4 is 17.1 Å². The van der Waals surface area contributed by atoms with Crippen LogP contribution < -0.4 is 16.0 Å². The van der Waals surface area contributed by atoms with Crippen LogP contribution in [-0.2, 0) is 0 Å². The van der Waals surface area contributed by atoms with Gasteiger partial charge in [-0.1, -0.05) is 0 Å². The van der Waals surface area contributed by atoms with E-state index in [0.29, 0.717) is 6.04 Å². The van der Waals surface area contributed by atoms with E-state index in [1.807, 2.05) is 7.05 Å². The largest absolute Gasteiger partial charge is 0.393 e. The second-order valence-electron chi connectivity index (χ2n) is 3.92. The molecule has 2 rings (SSSR count). The molecule has 3 N–H and O–H groups in total. The van der Waals surface area contributed by atoms with E-state index in [9.17, 15) is 10.1 Å². The smallest absolute Gasteiger partial charge is 0.292 e. The third-order valence-corrected chi connectivity index (χ3v) is 2.92. The molecule has 0 unspecified atom stereocenters. The van der Waals surface area contributed by atoms with Gasteiger partial charge in [-0.3, -0.25) is 10.1 Å². The molecule has 1 heterocycles. The Bertz CT molecular complexity index is 417. The molecule has 1 saturated heterocycles. The first-order valence-corrected chi connectivity index (χ1v) is 5.07. The summed E-state index contributed by atoms with van der Waals surface area (Å²) in [5.74, 6) is 0. The first-order valence-electron chi connectivity index (χ1n) is 5.07. The van der Waals surface area contributed by atoms with Gasteiger partial charge in [-0.2, -0.15) is 0 Å². The zero-order valence-corrected chi connectivity index (χ0v) is 9.01. The second-order valence-corrected chi connectivity index (χ2v) is 3.92. The van der Waals surface area contributed by atoms with E-state index < -0.39 is 4.92 Å². The quantitative estimate of drug-likeness (QED) is 0.444. The highest BCUT2D eigenvalue weighted by atomic mass is 16.6. The zero-order chi connectivity index (χ0) is 11.7. The number of nitro benzene ring substituents is 1. The number of nitrogens with one attached hydrogen (secondary N) is 1. The van der Waals surface area contributed by atoms with Crippen molar-refractivity contribution < 1.29 is 4.92 Å². The summed E-state index contributed by atoms with van der Waals surface area (Å²) < 4.78 is 0. The van der Waals surface area contributed by atoms with Crippen LogP contribution in [0.3, 0.4) is 0 Å². The van der Waals surface area contributed by atoms with Gasteiger partial charge in [-0.15, -0.1) is 0 Å². The van der Waals surface area contributed by atoms with Gasteiger partial charge in [0.15, 0.2) is 0 Å². The van der Waals surface area contributed by atoms with Crippen molar-refractivity contribution in [3.05, 3.63) is 28.3 Å². The van der Waals surface area contributed by atoms with Crippen LogP contribution in [0.25, 0.3) is 0 Å². The Morgan fingerprint density at radius 1 is 1.56 bits per heavy atom. The van der Waals surface area contributed by atoms with E-state index >= 15 is 0 Å². The van der Waals surface area contributed by atoms with Gasteiger partial charge in [0.25, 0.3) is 5.69 Å². The Kier molecular flexibility index (Phi) is 2.66. The molecule has 0 radical (unpaired) electrons. The number of nitrogen functional groups attached to an aromatic ring is 1. The minimum absolute atomic E-state index is 0.0381. The summed E-state index contributed by atoms with van der Waals surface area (Å²) in [7, 11) is 1.96. The predicted molar refractivity (Wildman–Crippen MR) is 62.6 cm³/mol. The van der Waals surface area contributed by atoms with Crippen molar-refractivity contribution in [2.24, 2.45) is 0 Å². The van der Waals surface area contributed by atoms with E-state index in [-0.39, 0.29) is 11.4 Å². The topological polar surface area (TPSA) is 84.4 Å². The average Bonchev–Trinajstić information content (AvgIpc) is 2.14. The molecule has 1 aromatic rings. The fourth-order valence-electron chi connectivity index (χ4n) is 1.69. The average molecular weight is 222 g/mol. The van der Waals surface area contributed by atoms with E-state index in [4.69, 9.17) is 5.73 Å². The summed E-state index contributed by atoms with van der Waals surface area (Å²) in [4.78, 5) is 12.2. The maximum Gasteiger partial charge on any atom is 0.292 e. The van der Waals surface area contributed by atoms with Gasteiger partial charge in [0.05, 0.1) is 11.0 Å². The lowest BCUT2D eigenvalue weighted by atomic mass is 10.1. The fraction of sp³-hybridized carbons (Fsp3) is 0.400. The molecule has 6 nitrogen and oxygen atoms in total. The molecule has 1 aromatic carbocycles. The number of hydrogen-bond acceptors (Lipinski definition) is 5. The van der Waals surface area contributed by atoms with Crippen LogP contribution in [0.4, 0.5) is 17.1 Å². The molecule has 0 amide bonds. The van der Waals surface area contributed by atoms with Crippen LogP contribution >= 0.6 is 0 Å². The number of nitrogens with zero attached hydrogens (tertiary/aromatic N) is 2. The number of nitro groups is 1. The van der Waals surface area contributed by atoms with Crippen molar-refractivity contribution in [3.8, 4) is 0 Å². The number of rotatable bonds is 3. The van der Waals surface area contributed by atoms with Crippen LogP contribution in [0, 0.1) is 10.1 Å². The Labute approximate surface area is 93.2 Å². The molecule has 0 saturated carbocycles. The van der Waals surface area contributed by atoms with Gasteiger partial charge in [-0.25, -0.2) is 0 Å². The molecule has 16 heavy (non-hydrogen) atoms. The van der Waals surface area contributed by atoms with Gasteiger partial charge < -0.3 is 16.0 Å². The van der Waals surface area contributed by atoms with Crippen LogP contribution in [-0.4, -0.2) is 31.1 Å². The van der Waals surface area contributed by atoms with E-state index in [0.717, 1.165) is 18.8 Å². The molecule has 0 spiro atoms. The normalized spacial score (nSPS) is 15.6. The molecule has 0 aromatic heterocycles. The number of benzene rings is 1. The lowest BCUT2D eigenvalue weighted by molar-refractivity contribution is -0.383. The Hall–Kier alpha value is -1.82. The monoisotopic (exact) mass is 222 g/mol. The first kappa shape index (κ1) is 10.7. The fourth-order valence-corrected chi connectivity index (χ4v) is 1.69. The minimum atomic E-state index is -0.468. The molecular formula is C10H14N4O2. The van der Waals surface area contributed by atoms with Gasteiger partial charge >= 0.3 is 0 Å². The summed E-state index contributed by atoms with van der Waals surface area (Å²) in [5.41, 5.74) is 6.72. The third kappa shape index (κ3) is 1.79. The number of nitrogens with two attached hydrogens (primary N) is 1. The highest BCUT2D eigenvalue weighted by Gasteiger charge is 2.22. The zero-order valence-electron chi connectivity index (χ0n) is 9.01. The molecule has 1 aliphatic heterocycles. The molecule has 1 aliphatic rings. The summed E-state index contributed by atoms with van der Waals surface area (Å²) >= 11 is 0. The van der Waals surface area contributed by atoms with E-state index in [1.165, 1.54) is 6.07 Å². The van der Waals surface area contributed by atoms with Crippen LogP contribution in [0.5, 0.6) is 0 Å². The van der Waals surface area contributed by atoms with Crippen molar-refractivity contribution in [3.63, 3.8) is 0 Å². The minimum Gasteiger partial charge on any atom is -0.393 e. The van der Waals surface area contributed by atoms with Crippen molar-refractivity contribution in [2.45, 2.75) is 6.04 Å². The molecule has 86 valence electrons. The van der Waals surface area contributed by atoms with Crippen LogP contribution in [0.15, 0.2) is 18.2 Å².